The van der Waals surface area contributed by atoms with Crippen molar-refractivity contribution < 1.29 is 24.1 Å². The van der Waals surface area contributed by atoms with Gasteiger partial charge in [0, 0.05) is 10.9 Å². The fraction of sp³-hybridized carbons (Fsp3) is 0.304. The Morgan fingerprint density at radius 1 is 1.00 bits per heavy atom. The van der Waals surface area contributed by atoms with Crippen LogP contribution in [-0.2, 0) is 9.53 Å². The van der Waals surface area contributed by atoms with Crippen LogP contribution in [0.5, 0.6) is 0 Å². The third kappa shape index (κ3) is 3.94. The first kappa shape index (κ1) is 20.1. The summed E-state index contributed by atoms with van der Waals surface area (Å²) in [5, 5.41) is 3.79. The molecule has 156 valence electrons. The van der Waals surface area contributed by atoms with Gasteiger partial charge in [0.2, 0.25) is 0 Å². The lowest BCUT2D eigenvalue weighted by Gasteiger charge is -2.32. The van der Waals surface area contributed by atoms with Gasteiger partial charge in [-0.25, -0.2) is 4.79 Å². The van der Waals surface area contributed by atoms with Gasteiger partial charge in [-0.15, -0.1) is 0 Å². The standard InChI is InChI=1S/C23H26N4O3/c1-16(26-12-14-27(15-13-26)17-8-4-3-5-9-17)22(28)25-20-18-10-6-7-11-19(18)24-21(20)23(29)30-2/h3-11,16,24H,12-15H2,1-2H3,(H,25,28)/p+2/t16-/m0/s1. The van der Waals surface area contributed by atoms with E-state index < -0.39 is 5.97 Å². The first-order chi connectivity index (χ1) is 14.6. The van der Waals surface area contributed by atoms with E-state index in [1.54, 1.807) is 0 Å². The quantitative estimate of drug-likeness (QED) is 0.462. The second-order valence-electron chi connectivity index (χ2n) is 7.75. The summed E-state index contributed by atoms with van der Waals surface area (Å²) in [6.07, 6.45) is 0. The predicted molar refractivity (Wildman–Crippen MR) is 115 cm³/mol. The number of benzene rings is 2. The Kier molecular flexibility index (Phi) is 5.83. The summed E-state index contributed by atoms with van der Waals surface area (Å²) in [4.78, 5) is 31.1. The molecule has 0 aliphatic carbocycles. The van der Waals surface area contributed by atoms with E-state index in [1.165, 1.54) is 22.6 Å². The molecule has 7 heteroatoms. The van der Waals surface area contributed by atoms with Gasteiger partial charge in [0.25, 0.3) is 5.91 Å². The van der Waals surface area contributed by atoms with E-state index in [4.69, 9.17) is 4.74 Å². The Labute approximate surface area is 175 Å². The van der Waals surface area contributed by atoms with Gasteiger partial charge in [-0.1, -0.05) is 36.4 Å². The molecule has 1 aromatic heterocycles. The van der Waals surface area contributed by atoms with Crippen LogP contribution in [0.15, 0.2) is 54.6 Å². The number of methoxy groups -OCH3 is 1. The lowest BCUT2D eigenvalue weighted by molar-refractivity contribution is -0.994. The lowest BCUT2D eigenvalue weighted by atomic mass is 10.1. The molecule has 2 heterocycles. The van der Waals surface area contributed by atoms with E-state index in [0.717, 1.165) is 37.1 Å². The van der Waals surface area contributed by atoms with Crippen LogP contribution in [0.1, 0.15) is 17.4 Å². The van der Waals surface area contributed by atoms with Crippen LogP contribution in [0, 0.1) is 0 Å². The molecule has 1 fully saturated rings. The van der Waals surface area contributed by atoms with E-state index in [-0.39, 0.29) is 17.6 Å². The molecular formula is C23H28N4O3+2. The number of H-pyrrole nitrogens is 1. The zero-order valence-electron chi connectivity index (χ0n) is 17.3. The number of carbonyl (C=O) groups is 2. The van der Waals surface area contributed by atoms with Crippen molar-refractivity contribution in [2.24, 2.45) is 0 Å². The molecular weight excluding hydrogens is 380 g/mol. The van der Waals surface area contributed by atoms with Crippen molar-refractivity contribution >= 4 is 34.2 Å². The Bertz CT molecular complexity index is 1040. The zero-order valence-corrected chi connectivity index (χ0v) is 17.3. The van der Waals surface area contributed by atoms with Gasteiger partial charge in [0.05, 0.1) is 12.8 Å². The van der Waals surface area contributed by atoms with Crippen molar-refractivity contribution in [3.63, 3.8) is 0 Å². The minimum absolute atomic E-state index is 0.0944. The number of anilines is 1. The number of piperazine rings is 1. The summed E-state index contributed by atoms with van der Waals surface area (Å²) in [6, 6.07) is 17.8. The van der Waals surface area contributed by atoms with Gasteiger partial charge in [-0.2, -0.15) is 0 Å². The number of fused-ring (bicyclic) bond motifs is 1. The summed E-state index contributed by atoms with van der Waals surface area (Å²) < 4.78 is 4.89. The second kappa shape index (κ2) is 8.69. The van der Waals surface area contributed by atoms with Crippen molar-refractivity contribution in [3.8, 4) is 0 Å². The molecule has 30 heavy (non-hydrogen) atoms. The topological polar surface area (TPSA) is 80.1 Å². The van der Waals surface area contributed by atoms with Crippen LogP contribution in [0.2, 0.25) is 0 Å². The zero-order chi connectivity index (χ0) is 21.1. The molecule has 0 saturated carbocycles. The highest BCUT2D eigenvalue weighted by molar-refractivity contribution is 6.11. The Balaban J connectivity index is 1.46. The van der Waals surface area contributed by atoms with Crippen molar-refractivity contribution in [1.82, 2.24) is 4.98 Å². The number of amides is 1. The number of hydrogen-bond donors (Lipinski definition) is 4. The van der Waals surface area contributed by atoms with Gasteiger partial charge >= 0.3 is 5.97 Å². The van der Waals surface area contributed by atoms with E-state index in [0.29, 0.717) is 5.69 Å². The second-order valence-corrected chi connectivity index (χ2v) is 7.75. The molecule has 1 aliphatic rings. The fourth-order valence-corrected chi connectivity index (χ4v) is 4.21. The van der Waals surface area contributed by atoms with E-state index in [9.17, 15) is 9.59 Å². The maximum atomic E-state index is 13.1. The first-order valence-corrected chi connectivity index (χ1v) is 10.3. The Morgan fingerprint density at radius 3 is 2.37 bits per heavy atom. The highest BCUT2D eigenvalue weighted by Crippen LogP contribution is 2.28. The van der Waals surface area contributed by atoms with Gasteiger partial charge in [0.15, 0.2) is 6.04 Å². The predicted octanol–water partition coefficient (Wildman–Crippen LogP) is 0.397. The highest BCUT2D eigenvalue weighted by atomic mass is 16.5. The third-order valence-electron chi connectivity index (χ3n) is 6.03. The van der Waals surface area contributed by atoms with Crippen molar-refractivity contribution in [2.45, 2.75) is 13.0 Å². The minimum Gasteiger partial charge on any atom is -0.464 e. The molecule has 0 bridgehead atoms. The van der Waals surface area contributed by atoms with Crippen LogP contribution in [0.4, 0.5) is 11.4 Å². The normalized spacial score (nSPS) is 19.9. The largest absolute Gasteiger partial charge is 0.464 e. The van der Waals surface area contributed by atoms with Gasteiger partial charge in [0.1, 0.15) is 37.6 Å². The molecule has 1 amide bonds. The smallest absolute Gasteiger partial charge is 0.356 e. The molecule has 3 aromatic rings. The number of aromatic nitrogens is 1. The number of quaternary nitrogens is 2. The van der Waals surface area contributed by atoms with E-state index in [2.05, 4.69) is 34.6 Å². The number of esters is 1. The van der Waals surface area contributed by atoms with Crippen LogP contribution in [0.25, 0.3) is 10.9 Å². The average molecular weight is 409 g/mol. The van der Waals surface area contributed by atoms with Gasteiger partial charge in [-0.05, 0) is 25.1 Å². The number of nitrogens with one attached hydrogen (secondary N) is 4. The summed E-state index contributed by atoms with van der Waals surface area (Å²) in [7, 11) is 1.33. The number of ether oxygens (including phenoxy) is 1. The molecule has 1 saturated heterocycles. The maximum Gasteiger partial charge on any atom is 0.356 e. The van der Waals surface area contributed by atoms with Crippen molar-refractivity contribution in [1.29, 1.82) is 0 Å². The molecule has 1 atom stereocenters. The van der Waals surface area contributed by atoms with E-state index in [1.807, 2.05) is 37.3 Å². The van der Waals surface area contributed by atoms with Crippen LogP contribution in [-0.4, -0.2) is 56.2 Å². The number of carbonyl (C=O) groups excluding carboxylic acids is 2. The minimum atomic E-state index is -0.499. The number of hydrogen-bond acceptors (Lipinski definition) is 3. The summed E-state index contributed by atoms with van der Waals surface area (Å²) in [5.41, 5.74) is 2.85. The lowest BCUT2D eigenvalue weighted by Crippen LogP contribution is -3.28. The third-order valence-corrected chi connectivity index (χ3v) is 6.03. The molecule has 0 unspecified atom stereocenters. The Morgan fingerprint density at radius 2 is 1.67 bits per heavy atom. The number of aromatic amines is 1. The van der Waals surface area contributed by atoms with Crippen molar-refractivity contribution in [3.05, 3.63) is 60.3 Å². The first-order valence-electron chi connectivity index (χ1n) is 10.3. The molecule has 4 rings (SSSR count). The van der Waals surface area contributed by atoms with E-state index >= 15 is 0 Å². The summed E-state index contributed by atoms with van der Waals surface area (Å²) in [6.45, 7) is 5.74. The van der Waals surface area contributed by atoms with Crippen molar-refractivity contribution in [2.75, 3.05) is 38.6 Å². The molecule has 7 nitrogen and oxygen atoms in total. The number of para-hydroxylation sites is 2. The average Bonchev–Trinajstić information content (AvgIpc) is 3.17. The monoisotopic (exact) mass is 408 g/mol. The van der Waals surface area contributed by atoms with Gasteiger partial charge < -0.3 is 19.9 Å². The molecule has 1 aliphatic heterocycles. The highest BCUT2D eigenvalue weighted by Gasteiger charge is 2.32. The maximum absolute atomic E-state index is 13.1. The van der Waals surface area contributed by atoms with Crippen LogP contribution < -0.4 is 15.1 Å². The summed E-state index contributed by atoms with van der Waals surface area (Å²) >= 11 is 0. The summed E-state index contributed by atoms with van der Waals surface area (Å²) in [5.74, 6) is -0.593. The SMILES string of the molecule is COC(=O)c1[nH]c2ccccc2c1NC(=O)[C@H](C)[NH+]1CC[NH+](c2ccccc2)CC1. The van der Waals surface area contributed by atoms with Crippen LogP contribution >= 0.6 is 0 Å². The van der Waals surface area contributed by atoms with Crippen LogP contribution in [0.3, 0.4) is 0 Å². The molecule has 0 radical (unpaired) electrons. The molecule has 4 N–H and O–H groups in total. The Hall–Kier alpha value is -3.16. The fourth-order valence-electron chi connectivity index (χ4n) is 4.21. The number of rotatable bonds is 5. The molecule has 2 aromatic carbocycles. The molecule has 0 spiro atoms. The van der Waals surface area contributed by atoms with Gasteiger partial charge in [-0.3, -0.25) is 9.69 Å².